The SMILES string of the molecule is Cc1ccc(Nc2ccc3c(NC(=O)c4ccccc4)n[nH]c3n2)cc1. The van der Waals surface area contributed by atoms with E-state index >= 15 is 0 Å². The first kappa shape index (κ1) is 15.8. The van der Waals surface area contributed by atoms with E-state index in [0.29, 0.717) is 22.8 Å². The third kappa shape index (κ3) is 3.25. The molecule has 6 heteroatoms. The lowest BCUT2D eigenvalue weighted by molar-refractivity contribution is 0.102. The summed E-state index contributed by atoms with van der Waals surface area (Å²) in [5, 5.41) is 13.9. The average molecular weight is 343 g/mol. The summed E-state index contributed by atoms with van der Waals surface area (Å²) in [5.74, 6) is 0.954. The lowest BCUT2D eigenvalue weighted by atomic mass is 10.2. The summed E-state index contributed by atoms with van der Waals surface area (Å²) in [5.41, 5.74) is 3.34. The number of hydrogen-bond acceptors (Lipinski definition) is 4. The molecule has 128 valence electrons. The Balaban J connectivity index is 1.55. The molecule has 6 nitrogen and oxygen atoms in total. The predicted molar refractivity (Wildman–Crippen MR) is 103 cm³/mol. The Morgan fingerprint density at radius 3 is 2.50 bits per heavy atom. The second-order valence-corrected chi connectivity index (χ2v) is 5.98. The Kier molecular flexibility index (Phi) is 4.07. The van der Waals surface area contributed by atoms with Crippen molar-refractivity contribution in [2.24, 2.45) is 0 Å². The first-order chi connectivity index (χ1) is 12.7. The molecular formula is C20H17N5O. The van der Waals surface area contributed by atoms with Gasteiger partial charge in [-0.3, -0.25) is 9.89 Å². The Morgan fingerprint density at radius 1 is 0.962 bits per heavy atom. The van der Waals surface area contributed by atoms with Crippen LogP contribution in [0.4, 0.5) is 17.3 Å². The molecule has 0 radical (unpaired) electrons. The van der Waals surface area contributed by atoms with Crippen LogP contribution in [0.25, 0.3) is 11.0 Å². The average Bonchev–Trinajstić information content (AvgIpc) is 3.06. The third-order valence-electron chi connectivity index (χ3n) is 4.02. The van der Waals surface area contributed by atoms with Gasteiger partial charge in [0.1, 0.15) is 5.82 Å². The molecule has 0 unspecified atom stereocenters. The van der Waals surface area contributed by atoms with E-state index in [9.17, 15) is 4.79 Å². The fraction of sp³-hybridized carbons (Fsp3) is 0.0500. The van der Waals surface area contributed by atoms with Crippen LogP contribution in [0.2, 0.25) is 0 Å². The quantitative estimate of drug-likeness (QED) is 0.517. The number of H-pyrrole nitrogens is 1. The van der Waals surface area contributed by atoms with Crippen LogP contribution in [0.1, 0.15) is 15.9 Å². The van der Waals surface area contributed by atoms with E-state index in [-0.39, 0.29) is 5.91 Å². The second-order valence-electron chi connectivity index (χ2n) is 5.98. The topological polar surface area (TPSA) is 82.7 Å². The predicted octanol–water partition coefficient (Wildman–Crippen LogP) is 4.26. The molecular weight excluding hydrogens is 326 g/mol. The molecule has 2 heterocycles. The van der Waals surface area contributed by atoms with Crippen LogP contribution in [0.15, 0.2) is 66.7 Å². The van der Waals surface area contributed by atoms with Gasteiger partial charge >= 0.3 is 0 Å². The molecule has 26 heavy (non-hydrogen) atoms. The summed E-state index contributed by atoms with van der Waals surface area (Å²) >= 11 is 0. The van der Waals surface area contributed by atoms with Gasteiger partial charge in [-0.1, -0.05) is 35.9 Å². The fourth-order valence-corrected chi connectivity index (χ4v) is 2.62. The number of benzene rings is 2. The van der Waals surface area contributed by atoms with Gasteiger partial charge in [0.15, 0.2) is 11.5 Å². The highest BCUT2D eigenvalue weighted by Gasteiger charge is 2.12. The zero-order valence-corrected chi connectivity index (χ0v) is 14.2. The smallest absolute Gasteiger partial charge is 0.256 e. The maximum Gasteiger partial charge on any atom is 0.256 e. The summed E-state index contributed by atoms with van der Waals surface area (Å²) in [6.07, 6.45) is 0. The largest absolute Gasteiger partial charge is 0.340 e. The molecule has 0 atom stereocenters. The molecule has 0 spiro atoms. The molecule has 2 aromatic carbocycles. The number of hydrogen-bond donors (Lipinski definition) is 3. The molecule has 0 fully saturated rings. The van der Waals surface area contributed by atoms with Gasteiger partial charge in [0.25, 0.3) is 5.91 Å². The number of rotatable bonds is 4. The minimum absolute atomic E-state index is 0.208. The molecule has 0 saturated carbocycles. The lowest BCUT2D eigenvalue weighted by Gasteiger charge is -2.06. The molecule has 0 aliphatic heterocycles. The van der Waals surface area contributed by atoms with Crippen LogP contribution < -0.4 is 10.6 Å². The summed E-state index contributed by atoms with van der Waals surface area (Å²) in [6, 6.07) is 20.8. The second kappa shape index (κ2) is 6.68. The first-order valence-electron chi connectivity index (χ1n) is 8.24. The van der Waals surface area contributed by atoms with Crippen molar-refractivity contribution in [2.75, 3.05) is 10.6 Å². The van der Waals surface area contributed by atoms with Gasteiger partial charge < -0.3 is 10.6 Å². The number of amides is 1. The number of nitrogens with zero attached hydrogens (tertiary/aromatic N) is 2. The highest BCUT2D eigenvalue weighted by Crippen LogP contribution is 2.23. The van der Waals surface area contributed by atoms with E-state index in [2.05, 4.69) is 25.8 Å². The van der Waals surface area contributed by atoms with Crippen LogP contribution in [-0.2, 0) is 0 Å². The number of carbonyl (C=O) groups is 1. The monoisotopic (exact) mass is 343 g/mol. The van der Waals surface area contributed by atoms with E-state index in [1.54, 1.807) is 12.1 Å². The van der Waals surface area contributed by atoms with Gasteiger partial charge in [-0.2, -0.15) is 5.10 Å². The number of carbonyl (C=O) groups excluding carboxylic acids is 1. The van der Waals surface area contributed by atoms with Crippen molar-refractivity contribution in [2.45, 2.75) is 6.92 Å². The van der Waals surface area contributed by atoms with Crippen molar-refractivity contribution in [3.8, 4) is 0 Å². The van der Waals surface area contributed by atoms with Gasteiger partial charge in [0.05, 0.1) is 5.39 Å². The Bertz CT molecular complexity index is 1050. The van der Waals surface area contributed by atoms with Crippen molar-refractivity contribution in [1.29, 1.82) is 0 Å². The minimum Gasteiger partial charge on any atom is -0.340 e. The number of nitrogens with one attached hydrogen (secondary N) is 3. The fourth-order valence-electron chi connectivity index (χ4n) is 2.62. The van der Waals surface area contributed by atoms with E-state index < -0.39 is 0 Å². The maximum absolute atomic E-state index is 12.3. The Morgan fingerprint density at radius 2 is 1.73 bits per heavy atom. The summed E-state index contributed by atoms with van der Waals surface area (Å²) in [4.78, 5) is 16.8. The summed E-state index contributed by atoms with van der Waals surface area (Å²) in [6.45, 7) is 2.05. The maximum atomic E-state index is 12.3. The van der Waals surface area contributed by atoms with Gasteiger partial charge in [0.2, 0.25) is 0 Å². The van der Waals surface area contributed by atoms with Gasteiger partial charge in [-0.15, -0.1) is 0 Å². The molecule has 0 saturated heterocycles. The molecule has 4 aromatic rings. The van der Waals surface area contributed by atoms with E-state index in [0.717, 1.165) is 11.1 Å². The van der Waals surface area contributed by atoms with Gasteiger partial charge in [-0.25, -0.2) is 4.98 Å². The highest BCUT2D eigenvalue weighted by atomic mass is 16.1. The molecule has 0 bridgehead atoms. The number of aryl methyl sites for hydroxylation is 1. The molecule has 2 aromatic heterocycles. The molecule has 0 aliphatic rings. The minimum atomic E-state index is -0.208. The van der Waals surface area contributed by atoms with Crippen LogP contribution >= 0.6 is 0 Å². The highest BCUT2D eigenvalue weighted by molar-refractivity contribution is 6.07. The van der Waals surface area contributed by atoms with Crippen molar-refractivity contribution < 1.29 is 4.79 Å². The molecule has 3 N–H and O–H groups in total. The number of pyridine rings is 1. The summed E-state index contributed by atoms with van der Waals surface area (Å²) in [7, 11) is 0. The summed E-state index contributed by atoms with van der Waals surface area (Å²) < 4.78 is 0. The molecule has 0 aliphatic carbocycles. The van der Waals surface area contributed by atoms with E-state index in [1.807, 2.05) is 61.5 Å². The lowest BCUT2D eigenvalue weighted by Crippen LogP contribution is -2.12. The van der Waals surface area contributed by atoms with Crippen molar-refractivity contribution in [1.82, 2.24) is 15.2 Å². The van der Waals surface area contributed by atoms with E-state index in [1.165, 1.54) is 5.56 Å². The Labute approximate surface area is 150 Å². The van der Waals surface area contributed by atoms with E-state index in [4.69, 9.17) is 0 Å². The number of aromatic nitrogens is 3. The third-order valence-corrected chi connectivity index (χ3v) is 4.02. The van der Waals surface area contributed by atoms with Crippen molar-refractivity contribution in [3.05, 3.63) is 77.9 Å². The first-order valence-corrected chi connectivity index (χ1v) is 8.24. The zero-order valence-electron chi connectivity index (χ0n) is 14.2. The molecule has 1 amide bonds. The normalized spacial score (nSPS) is 10.7. The van der Waals surface area contributed by atoms with Crippen LogP contribution in [-0.4, -0.2) is 21.1 Å². The van der Waals surface area contributed by atoms with Crippen molar-refractivity contribution >= 4 is 34.3 Å². The van der Waals surface area contributed by atoms with Crippen LogP contribution in [0, 0.1) is 6.92 Å². The number of fused-ring (bicyclic) bond motifs is 1. The number of anilines is 3. The molecule has 4 rings (SSSR count). The zero-order chi connectivity index (χ0) is 17.9. The van der Waals surface area contributed by atoms with Crippen molar-refractivity contribution in [3.63, 3.8) is 0 Å². The standard InChI is InChI=1S/C20H17N5O/c1-13-7-9-15(10-8-13)21-17-12-11-16-18(22-17)24-25-19(16)23-20(26)14-5-3-2-4-6-14/h2-12H,1H3,(H3,21,22,23,24,25,26). The number of aromatic amines is 1. The van der Waals surface area contributed by atoms with Gasteiger partial charge in [-0.05, 0) is 43.3 Å². The van der Waals surface area contributed by atoms with Crippen LogP contribution in [0.3, 0.4) is 0 Å². The van der Waals surface area contributed by atoms with Crippen LogP contribution in [0.5, 0.6) is 0 Å². The van der Waals surface area contributed by atoms with Gasteiger partial charge in [0, 0.05) is 11.3 Å². The Hall–Kier alpha value is -3.67.